The normalized spacial score (nSPS) is 14.3. The first-order chi connectivity index (χ1) is 20.3. The number of hydrogen-bond acceptors (Lipinski definition) is 8. The second-order valence-electron chi connectivity index (χ2n) is 9.27. The van der Waals surface area contributed by atoms with E-state index in [4.69, 9.17) is 21.7 Å². The molecule has 42 heavy (non-hydrogen) atoms. The average molecular weight is 598 g/mol. The molecule has 1 fully saturated rings. The highest BCUT2D eigenvalue weighted by molar-refractivity contribution is 8.27. The minimum Gasteiger partial charge on any atom is -0.497 e. The van der Waals surface area contributed by atoms with Gasteiger partial charge in [-0.3, -0.25) is 28.4 Å². The van der Waals surface area contributed by atoms with Crippen LogP contribution in [0, 0.1) is 6.92 Å². The van der Waals surface area contributed by atoms with Gasteiger partial charge in [-0.25, -0.2) is 4.68 Å². The van der Waals surface area contributed by atoms with Gasteiger partial charge in [-0.2, -0.15) is 4.98 Å². The van der Waals surface area contributed by atoms with Gasteiger partial charge in [0.2, 0.25) is 5.88 Å². The van der Waals surface area contributed by atoms with Crippen molar-refractivity contribution in [1.29, 1.82) is 0 Å². The predicted molar refractivity (Wildman–Crippen MR) is 166 cm³/mol. The fraction of sp³-hybridized carbons (Fsp3) is 0.100. The van der Waals surface area contributed by atoms with Crippen LogP contribution in [0.15, 0.2) is 93.5 Å². The largest absolute Gasteiger partial charge is 0.497 e. The fourth-order valence-corrected chi connectivity index (χ4v) is 5.89. The van der Waals surface area contributed by atoms with E-state index < -0.39 is 17.0 Å². The summed E-state index contributed by atoms with van der Waals surface area (Å²) in [6, 6.07) is 21.1. The van der Waals surface area contributed by atoms with Crippen LogP contribution >= 0.6 is 24.0 Å². The first kappa shape index (κ1) is 27.2. The minimum atomic E-state index is -0.524. The molecule has 10 nitrogen and oxygen atoms in total. The number of para-hydroxylation sites is 1. The molecule has 3 aromatic heterocycles. The monoisotopic (exact) mass is 597 g/mol. The maximum atomic E-state index is 13.8. The Balaban J connectivity index is 1.45. The van der Waals surface area contributed by atoms with Gasteiger partial charge in [0.05, 0.1) is 23.4 Å². The molecule has 2 aromatic carbocycles. The number of methoxy groups -OCH3 is 1. The van der Waals surface area contributed by atoms with Gasteiger partial charge in [-0.15, -0.1) is 0 Å². The molecular weight excluding hydrogens is 574 g/mol. The lowest BCUT2D eigenvalue weighted by Crippen LogP contribution is -2.33. The van der Waals surface area contributed by atoms with E-state index >= 15 is 0 Å². The number of thioether (sulfide) groups is 1. The van der Waals surface area contributed by atoms with Gasteiger partial charge in [0, 0.05) is 13.2 Å². The summed E-state index contributed by atoms with van der Waals surface area (Å²) >= 11 is 6.58. The first-order valence-electron chi connectivity index (χ1n) is 12.7. The van der Waals surface area contributed by atoms with Crippen LogP contribution in [0.3, 0.4) is 0 Å². The average Bonchev–Trinajstić information content (AvgIpc) is 3.39. The number of pyridine rings is 1. The van der Waals surface area contributed by atoms with Crippen molar-refractivity contribution in [2.24, 2.45) is 7.05 Å². The van der Waals surface area contributed by atoms with Crippen LogP contribution in [0.5, 0.6) is 17.4 Å². The summed E-state index contributed by atoms with van der Waals surface area (Å²) in [6.07, 6.45) is 3.00. The minimum absolute atomic E-state index is 0.0176. The molecule has 0 unspecified atom stereocenters. The predicted octanol–water partition coefficient (Wildman–Crippen LogP) is 4.70. The third-order valence-electron chi connectivity index (χ3n) is 6.82. The van der Waals surface area contributed by atoms with Crippen molar-refractivity contribution in [3.05, 3.63) is 116 Å². The highest BCUT2D eigenvalue weighted by Crippen LogP contribution is 2.37. The molecule has 4 heterocycles. The van der Waals surface area contributed by atoms with Gasteiger partial charge >= 0.3 is 0 Å². The van der Waals surface area contributed by atoms with E-state index in [9.17, 15) is 14.4 Å². The van der Waals surface area contributed by atoms with Gasteiger partial charge in [-0.1, -0.05) is 48.2 Å². The third kappa shape index (κ3) is 4.60. The molecule has 1 aliphatic heterocycles. The number of thiocarbonyl (C=S) groups is 1. The third-order valence-corrected chi connectivity index (χ3v) is 8.13. The summed E-state index contributed by atoms with van der Waals surface area (Å²) in [5.74, 6) is 0.555. The van der Waals surface area contributed by atoms with Crippen molar-refractivity contribution in [2.45, 2.75) is 6.92 Å². The van der Waals surface area contributed by atoms with Crippen LogP contribution < -0.4 is 25.5 Å². The van der Waals surface area contributed by atoms with Crippen molar-refractivity contribution in [2.75, 3.05) is 12.0 Å². The molecule has 1 aliphatic rings. The maximum Gasteiger partial charge on any atom is 0.296 e. The van der Waals surface area contributed by atoms with Crippen LogP contribution in [0.2, 0.25) is 0 Å². The highest BCUT2D eigenvalue weighted by atomic mass is 32.2. The second kappa shape index (κ2) is 10.8. The molecule has 210 valence electrons. The lowest BCUT2D eigenvalue weighted by Gasteiger charge is -2.12. The molecule has 1 amide bonds. The molecule has 0 spiro atoms. The van der Waals surface area contributed by atoms with Gasteiger partial charge < -0.3 is 9.47 Å². The zero-order chi connectivity index (χ0) is 29.5. The molecule has 1 saturated heterocycles. The Kier molecular flexibility index (Phi) is 7.01. The number of benzene rings is 2. The Morgan fingerprint density at radius 2 is 1.60 bits per heavy atom. The van der Waals surface area contributed by atoms with Crippen molar-refractivity contribution in [3.8, 4) is 23.1 Å². The molecule has 0 radical (unpaired) electrons. The smallest absolute Gasteiger partial charge is 0.296 e. The molecule has 0 saturated carbocycles. The summed E-state index contributed by atoms with van der Waals surface area (Å²) in [7, 11) is 3.30. The standard InChI is InChI=1S/C30H23N5O5S2/c1-18-25(29(38)35(32(18)2)19-9-5-4-6-10-19)34-28(37)23(42-30(34)41)17-22-26(40-21-14-12-20(39-3)13-15-21)31-24-11-7-8-16-33(24)27(22)36/h4-17H,1-3H3/b23-17-. The Hall–Kier alpha value is -4.94. The fourth-order valence-electron chi connectivity index (χ4n) is 4.64. The van der Waals surface area contributed by atoms with Crippen molar-refractivity contribution < 1.29 is 14.3 Å². The summed E-state index contributed by atoms with van der Waals surface area (Å²) in [5.41, 5.74) is 0.952. The number of rotatable bonds is 6. The summed E-state index contributed by atoms with van der Waals surface area (Å²) in [6.45, 7) is 1.75. The van der Waals surface area contributed by atoms with E-state index in [0.717, 1.165) is 11.8 Å². The number of aromatic nitrogens is 4. The Bertz CT molecular complexity index is 2030. The van der Waals surface area contributed by atoms with Crippen molar-refractivity contribution in [3.63, 3.8) is 0 Å². The van der Waals surface area contributed by atoms with Gasteiger partial charge in [0.15, 0.2) is 4.32 Å². The van der Waals surface area contributed by atoms with Crippen LogP contribution in [-0.4, -0.2) is 36.1 Å². The van der Waals surface area contributed by atoms with Gasteiger partial charge in [-0.05, 0) is 61.5 Å². The van der Waals surface area contributed by atoms with E-state index in [2.05, 4.69) is 4.98 Å². The number of amides is 1. The first-order valence-corrected chi connectivity index (χ1v) is 14.0. The molecule has 6 rings (SSSR count). The number of carbonyl (C=O) groups excluding carboxylic acids is 1. The van der Waals surface area contributed by atoms with Crippen molar-refractivity contribution in [1.82, 2.24) is 18.7 Å². The Morgan fingerprint density at radius 1 is 0.905 bits per heavy atom. The SMILES string of the molecule is COc1ccc(Oc2nc3ccccn3c(=O)c2/C=C2\SC(=S)N(c3c(C)n(C)n(-c4ccccc4)c3=O)C2=O)cc1. The zero-order valence-corrected chi connectivity index (χ0v) is 24.3. The van der Waals surface area contributed by atoms with Crippen LogP contribution in [0.4, 0.5) is 5.69 Å². The van der Waals surface area contributed by atoms with E-state index in [1.54, 1.807) is 86.6 Å². The van der Waals surface area contributed by atoms with Gasteiger partial charge in [0.1, 0.15) is 28.4 Å². The molecule has 0 atom stereocenters. The zero-order valence-electron chi connectivity index (χ0n) is 22.7. The number of nitrogens with zero attached hydrogens (tertiary/aromatic N) is 5. The second-order valence-corrected chi connectivity index (χ2v) is 10.9. The quantitative estimate of drug-likeness (QED) is 0.205. The lowest BCUT2D eigenvalue weighted by atomic mass is 10.2. The summed E-state index contributed by atoms with van der Waals surface area (Å²) < 4.78 is 15.9. The lowest BCUT2D eigenvalue weighted by molar-refractivity contribution is -0.113. The number of carbonyl (C=O) groups is 1. The van der Waals surface area contributed by atoms with Crippen LogP contribution in [-0.2, 0) is 11.8 Å². The van der Waals surface area contributed by atoms with E-state index in [-0.39, 0.29) is 26.4 Å². The van der Waals surface area contributed by atoms with E-state index in [1.165, 1.54) is 20.1 Å². The Labute approximate surface area is 249 Å². The van der Waals surface area contributed by atoms with E-state index in [0.29, 0.717) is 28.5 Å². The number of fused-ring (bicyclic) bond motifs is 1. The van der Waals surface area contributed by atoms with Crippen LogP contribution in [0.1, 0.15) is 11.3 Å². The molecule has 0 aliphatic carbocycles. The maximum absolute atomic E-state index is 13.8. The molecule has 12 heteroatoms. The topological polar surface area (TPSA) is 100 Å². The molecule has 0 N–H and O–H groups in total. The van der Waals surface area contributed by atoms with Crippen LogP contribution in [0.25, 0.3) is 17.4 Å². The molecule has 5 aromatic rings. The van der Waals surface area contributed by atoms with E-state index in [1.807, 2.05) is 18.2 Å². The number of hydrogen-bond donors (Lipinski definition) is 0. The number of ether oxygens (including phenoxy) is 2. The summed E-state index contributed by atoms with van der Waals surface area (Å²) in [5, 5.41) is 0. The Morgan fingerprint density at radius 3 is 2.31 bits per heavy atom. The highest BCUT2D eigenvalue weighted by Gasteiger charge is 2.38. The van der Waals surface area contributed by atoms with Gasteiger partial charge in [0.25, 0.3) is 17.0 Å². The molecular formula is C30H23N5O5S2. The summed E-state index contributed by atoms with van der Waals surface area (Å²) in [4.78, 5) is 47.0. The number of anilines is 1. The van der Waals surface area contributed by atoms with Crippen molar-refractivity contribution >= 4 is 51.6 Å². The molecule has 0 bridgehead atoms.